The normalized spacial score (nSPS) is 18.9. The molecule has 2 aromatic rings. The van der Waals surface area contributed by atoms with Crippen molar-refractivity contribution in [3.05, 3.63) is 47.9 Å². The van der Waals surface area contributed by atoms with Crippen LogP contribution in [0.3, 0.4) is 0 Å². The lowest BCUT2D eigenvalue weighted by Gasteiger charge is -2.35. The Labute approximate surface area is 169 Å². The first kappa shape index (κ1) is 19.2. The minimum atomic E-state index is -0.636. The van der Waals surface area contributed by atoms with E-state index in [2.05, 4.69) is 0 Å². The van der Waals surface area contributed by atoms with Gasteiger partial charge >= 0.3 is 0 Å². The number of furan rings is 1. The molecule has 1 aromatic carbocycles. The fourth-order valence-corrected chi connectivity index (χ4v) is 3.82. The maximum atomic E-state index is 13.0. The molecule has 4 rings (SSSR count). The largest absolute Gasteiger partial charge is 0.478 e. The lowest BCUT2D eigenvalue weighted by atomic mass is 10.0. The molecule has 1 aromatic heterocycles. The van der Waals surface area contributed by atoms with E-state index in [1.165, 1.54) is 11.2 Å². The van der Waals surface area contributed by atoms with Gasteiger partial charge in [0.15, 0.2) is 11.9 Å². The van der Waals surface area contributed by atoms with Gasteiger partial charge in [-0.2, -0.15) is 0 Å². The highest BCUT2D eigenvalue weighted by atomic mass is 16.5. The van der Waals surface area contributed by atoms with Gasteiger partial charge in [0, 0.05) is 18.7 Å². The van der Waals surface area contributed by atoms with Crippen molar-refractivity contribution in [3.63, 3.8) is 0 Å². The summed E-state index contributed by atoms with van der Waals surface area (Å²) in [7, 11) is 0. The minimum absolute atomic E-state index is 0.0515. The highest BCUT2D eigenvalue weighted by Gasteiger charge is 2.36. The third-order valence-electron chi connectivity index (χ3n) is 5.44. The molecule has 1 fully saturated rings. The van der Waals surface area contributed by atoms with Crippen LogP contribution in [-0.4, -0.2) is 48.2 Å². The van der Waals surface area contributed by atoms with E-state index >= 15 is 0 Å². The fourth-order valence-electron chi connectivity index (χ4n) is 3.82. The summed E-state index contributed by atoms with van der Waals surface area (Å²) in [6, 6.07) is 8.17. The van der Waals surface area contributed by atoms with E-state index in [4.69, 9.17) is 9.15 Å². The van der Waals surface area contributed by atoms with Crippen molar-refractivity contribution in [2.75, 3.05) is 24.5 Å². The Morgan fingerprint density at radius 3 is 2.62 bits per heavy atom. The molecule has 3 heterocycles. The standard InChI is InChI=1S/C22H24N2O5/c1-2-17-22(27)24(14-20(25)23-10-4-3-5-11-23)16-13-15(8-9-18(16)29-17)21(26)19-7-6-12-28-19/h6-9,12-13,17H,2-5,10-11,14H2,1H3. The molecule has 29 heavy (non-hydrogen) atoms. The van der Waals surface area contributed by atoms with Crippen LogP contribution in [-0.2, 0) is 9.59 Å². The van der Waals surface area contributed by atoms with Gasteiger partial charge in [0.2, 0.25) is 11.7 Å². The fraction of sp³-hybridized carbons (Fsp3) is 0.409. The zero-order valence-corrected chi connectivity index (χ0v) is 16.4. The molecule has 0 aliphatic carbocycles. The van der Waals surface area contributed by atoms with E-state index in [0.29, 0.717) is 23.4 Å². The summed E-state index contributed by atoms with van der Waals surface area (Å²) in [5.41, 5.74) is 0.822. The number of anilines is 1. The third-order valence-corrected chi connectivity index (χ3v) is 5.44. The summed E-state index contributed by atoms with van der Waals surface area (Å²) >= 11 is 0. The number of hydrogen-bond acceptors (Lipinski definition) is 5. The average molecular weight is 396 g/mol. The van der Waals surface area contributed by atoms with E-state index in [1.807, 2.05) is 11.8 Å². The van der Waals surface area contributed by atoms with Crippen LogP contribution in [0.1, 0.15) is 48.7 Å². The third kappa shape index (κ3) is 3.77. The van der Waals surface area contributed by atoms with E-state index in [9.17, 15) is 14.4 Å². The van der Waals surface area contributed by atoms with Crippen LogP contribution in [0.15, 0.2) is 41.0 Å². The van der Waals surface area contributed by atoms with Crippen LogP contribution in [0.5, 0.6) is 5.75 Å². The average Bonchev–Trinajstić information content (AvgIpc) is 3.30. The van der Waals surface area contributed by atoms with Gasteiger partial charge in [0.1, 0.15) is 12.3 Å². The van der Waals surface area contributed by atoms with Gasteiger partial charge in [0.25, 0.3) is 5.91 Å². The minimum Gasteiger partial charge on any atom is -0.478 e. The first-order chi connectivity index (χ1) is 14.1. The summed E-state index contributed by atoms with van der Waals surface area (Å²) in [6.07, 6.45) is 4.40. The smallest absolute Gasteiger partial charge is 0.268 e. The van der Waals surface area contributed by atoms with Crippen molar-refractivity contribution in [2.45, 2.75) is 38.7 Å². The second-order valence-electron chi connectivity index (χ2n) is 7.37. The Kier molecular flexibility index (Phi) is 5.38. The molecule has 1 unspecified atom stereocenters. The molecule has 152 valence electrons. The second-order valence-corrected chi connectivity index (χ2v) is 7.37. The zero-order valence-electron chi connectivity index (χ0n) is 16.4. The maximum Gasteiger partial charge on any atom is 0.268 e. The molecular weight excluding hydrogens is 372 g/mol. The number of benzene rings is 1. The summed E-state index contributed by atoms with van der Waals surface area (Å²) in [5, 5.41) is 0. The van der Waals surface area contributed by atoms with Crippen LogP contribution < -0.4 is 9.64 Å². The summed E-state index contributed by atoms with van der Waals surface area (Å²) in [6.45, 7) is 3.26. The molecule has 1 atom stereocenters. The monoisotopic (exact) mass is 396 g/mol. The number of ether oxygens (including phenoxy) is 1. The van der Waals surface area contributed by atoms with Crippen molar-refractivity contribution in [3.8, 4) is 5.75 Å². The van der Waals surface area contributed by atoms with Crippen LogP contribution in [0.4, 0.5) is 5.69 Å². The lowest BCUT2D eigenvalue weighted by Crippen LogP contribution is -2.51. The Morgan fingerprint density at radius 1 is 1.14 bits per heavy atom. The molecule has 0 saturated carbocycles. The van der Waals surface area contributed by atoms with E-state index in [0.717, 1.165) is 32.4 Å². The van der Waals surface area contributed by atoms with Crippen molar-refractivity contribution in [1.29, 1.82) is 0 Å². The van der Waals surface area contributed by atoms with Crippen LogP contribution >= 0.6 is 0 Å². The molecule has 2 amide bonds. The van der Waals surface area contributed by atoms with E-state index in [1.54, 1.807) is 30.3 Å². The lowest BCUT2D eigenvalue weighted by molar-refractivity contribution is -0.134. The second kappa shape index (κ2) is 8.11. The Hall–Kier alpha value is -3.09. The summed E-state index contributed by atoms with van der Waals surface area (Å²) < 4.78 is 11.0. The topological polar surface area (TPSA) is 80.1 Å². The van der Waals surface area contributed by atoms with Crippen molar-refractivity contribution in [1.82, 2.24) is 4.90 Å². The number of nitrogens with zero attached hydrogens (tertiary/aromatic N) is 2. The Bertz CT molecular complexity index is 915. The molecule has 0 radical (unpaired) electrons. The molecule has 0 spiro atoms. The van der Waals surface area contributed by atoms with Gasteiger partial charge in [-0.05, 0) is 56.0 Å². The number of carbonyl (C=O) groups is 3. The van der Waals surface area contributed by atoms with Gasteiger partial charge < -0.3 is 14.1 Å². The number of hydrogen-bond donors (Lipinski definition) is 0. The van der Waals surface area contributed by atoms with Crippen molar-refractivity contribution >= 4 is 23.3 Å². The number of rotatable bonds is 5. The number of fused-ring (bicyclic) bond motifs is 1. The molecule has 2 aliphatic rings. The van der Waals surface area contributed by atoms with Gasteiger partial charge in [-0.25, -0.2) is 0 Å². The summed E-state index contributed by atoms with van der Waals surface area (Å²) in [4.78, 5) is 41.7. The number of piperidine rings is 1. The number of amides is 2. The first-order valence-corrected chi connectivity index (χ1v) is 10.1. The molecule has 7 nitrogen and oxygen atoms in total. The van der Waals surface area contributed by atoms with Gasteiger partial charge in [-0.15, -0.1) is 0 Å². The van der Waals surface area contributed by atoms with E-state index < -0.39 is 6.10 Å². The van der Waals surface area contributed by atoms with Crippen LogP contribution in [0, 0.1) is 0 Å². The van der Waals surface area contributed by atoms with Gasteiger partial charge in [-0.3, -0.25) is 19.3 Å². The predicted octanol–water partition coefficient (Wildman–Crippen LogP) is 3.03. The quantitative estimate of drug-likeness (QED) is 0.726. The first-order valence-electron chi connectivity index (χ1n) is 10.1. The predicted molar refractivity (Wildman–Crippen MR) is 106 cm³/mol. The van der Waals surface area contributed by atoms with Crippen LogP contribution in [0.25, 0.3) is 0 Å². The Morgan fingerprint density at radius 2 is 1.93 bits per heavy atom. The molecular formula is C22H24N2O5. The molecule has 0 N–H and O–H groups in total. The highest BCUT2D eigenvalue weighted by molar-refractivity contribution is 6.10. The van der Waals surface area contributed by atoms with Crippen molar-refractivity contribution < 1.29 is 23.5 Å². The number of ketones is 1. The molecule has 2 aliphatic heterocycles. The van der Waals surface area contributed by atoms with E-state index in [-0.39, 0.29) is 29.9 Å². The molecule has 1 saturated heterocycles. The number of carbonyl (C=O) groups excluding carboxylic acids is 3. The zero-order chi connectivity index (χ0) is 20.4. The van der Waals surface area contributed by atoms with Crippen LogP contribution in [0.2, 0.25) is 0 Å². The Balaban J connectivity index is 1.65. The molecule has 0 bridgehead atoms. The van der Waals surface area contributed by atoms with Gasteiger partial charge in [0.05, 0.1) is 12.0 Å². The summed E-state index contributed by atoms with van der Waals surface area (Å²) in [5.74, 6) is 0.0934. The SMILES string of the molecule is CCC1Oc2ccc(C(=O)c3ccco3)cc2N(CC(=O)N2CCCCC2)C1=O. The van der Waals surface area contributed by atoms with Crippen molar-refractivity contribution in [2.24, 2.45) is 0 Å². The number of likely N-dealkylation sites (tertiary alicyclic amines) is 1. The van der Waals surface area contributed by atoms with Gasteiger partial charge in [-0.1, -0.05) is 6.92 Å². The highest BCUT2D eigenvalue weighted by Crippen LogP contribution is 2.36. The molecule has 7 heteroatoms. The maximum absolute atomic E-state index is 13.0.